The number of aryl methyl sites for hydroxylation is 2. The van der Waals surface area contributed by atoms with E-state index in [0.29, 0.717) is 0 Å². The molecule has 9 aromatic rings. The van der Waals surface area contributed by atoms with Gasteiger partial charge in [-0.3, -0.25) is 0 Å². The Morgan fingerprint density at radius 2 is 0.754 bits per heavy atom. The molecule has 0 N–H and O–H groups in total. The molecule has 0 bridgehead atoms. The van der Waals surface area contributed by atoms with Gasteiger partial charge in [0.2, 0.25) is 0 Å². The summed E-state index contributed by atoms with van der Waals surface area (Å²) in [6, 6.07) is 77.9. The van der Waals surface area contributed by atoms with Crippen molar-refractivity contribution in [2.45, 2.75) is 29.1 Å². The summed E-state index contributed by atoms with van der Waals surface area (Å²) < 4.78 is 0. The van der Waals surface area contributed by atoms with Gasteiger partial charge in [-0.25, -0.2) is 20.1 Å². The molecule has 0 saturated heterocycles. The SMILES string of the molecule is Cc1ccc(N(c2ccc(S(C)(C)C)cc2)c2ccc3c(c2)C(c2ccccc2)(c2ccccc2)c2cc(N(c4ccc(C)cc4)c4ccc(S(C)(C)C)cc4)c4ccccc4c2-3)cc1. The van der Waals surface area contributed by atoms with E-state index in [2.05, 4.69) is 267 Å². The predicted octanol–water partition coefficient (Wildman–Crippen LogP) is 16.9. The highest BCUT2D eigenvalue weighted by molar-refractivity contribution is 8.32. The Balaban J connectivity index is 1.29. The van der Waals surface area contributed by atoms with Crippen molar-refractivity contribution in [1.29, 1.82) is 0 Å². The van der Waals surface area contributed by atoms with E-state index in [-0.39, 0.29) is 0 Å². The van der Waals surface area contributed by atoms with Gasteiger partial charge in [-0.2, -0.15) is 0 Å². The summed E-state index contributed by atoms with van der Waals surface area (Å²) in [6.45, 7) is 4.33. The fraction of sp³-hybridized carbons (Fsp3) is 0.148. The lowest BCUT2D eigenvalue weighted by atomic mass is 9.67. The molecule has 0 amide bonds. The Bertz CT molecular complexity index is 3100. The summed E-state index contributed by atoms with van der Waals surface area (Å²) in [5, 5.41) is 2.46. The monoisotopic (exact) mass is 882 g/mol. The van der Waals surface area contributed by atoms with Gasteiger partial charge in [0, 0.05) is 33.8 Å². The number of anilines is 6. The number of nitrogens with zero attached hydrogens (tertiary/aromatic N) is 2. The predicted molar refractivity (Wildman–Crippen MR) is 287 cm³/mol. The van der Waals surface area contributed by atoms with Crippen molar-refractivity contribution in [3.8, 4) is 11.1 Å². The van der Waals surface area contributed by atoms with Crippen molar-refractivity contribution in [2.24, 2.45) is 0 Å². The van der Waals surface area contributed by atoms with Crippen LogP contribution in [0.2, 0.25) is 0 Å². The van der Waals surface area contributed by atoms with Gasteiger partial charge in [-0.05, 0) is 191 Å². The van der Waals surface area contributed by atoms with Crippen LogP contribution in [-0.4, -0.2) is 37.5 Å². The minimum Gasteiger partial charge on any atom is -0.310 e. The summed E-state index contributed by atoms with van der Waals surface area (Å²) in [4.78, 5) is 7.72. The first-order chi connectivity index (χ1) is 31.3. The van der Waals surface area contributed by atoms with Gasteiger partial charge in [-0.15, -0.1) is 0 Å². The molecule has 2 nitrogen and oxygen atoms in total. The molecule has 324 valence electrons. The molecule has 0 radical (unpaired) electrons. The molecule has 0 aliphatic heterocycles. The molecule has 1 aliphatic rings. The first-order valence-electron chi connectivity index (χ1n) is 22.4. The molecule has 1 aliphatic carbocycles. The summed E-state index contributed by atoms with van der Waals surface area (Å²) in [5.74, 6) is 0. The first-order valence-corrected chi connectivity index (χ1v) is 28.2. The van der Waals surface area contributed by atoms with E-state index in [4.69, 9.17) is 0 Å². The maximum absolute atomic E-state index is 2.53. The normalized spacial score (nSPS) is 13.5. The quantitative estimate of drug-likeness (QED) is 0.135. The topological polar surface area (TPSA) is 6.48 Å². The molecule has 4 heteroatoms. The lowest BCUT2D eigenvalue weighted by molar-refractivity contribution is 0.769. The highest BCUT2D eigenvalue weighted by Gasteiger charge is 2.48. The third-order valence-electron chi connectivity index (χ3n) is 13.2. The van der Waals surface area contributed by atoms with Crippen LogP contribution in [0.1, 0.15) is 33.4 Å². The fourth-order valence-electron chi connectivity index (χ4n) is 9.91. The van der Waals surface area contributed by atoms with Crippen molar-refractivity contribution in [1.82, 2.24) is 0 Å². The molecule has 0 saturated carbocycles. The van der Waals surface area contributed by atoms with Crippen molar-refractivity contribution in [3.05, 3.63) is 240 Å². The second-order valence-electron chi connectivity index (χ2n) is 19.1. The van der Waals surface area contributed by atoms with Crippen LogP contribution in [-0.2, 0) is 5.41 Å². The zero-order valence-electron chi connectivity index (χ0n) is 38.8. The average Bonchev–Trinajstić information content (AvgIpc) is 3.61. The van der Waals surface area contributed by atoms with Gasteiger partial charge in [0.15, 0.2) is 0 Å². The molecular weight excluding hydrogens is 825 g/mol. The molecule has 65 heavy (non-hydrogen) atoms. The van der Waals surface area contributed by atoms with Crippen molar-refractivity contribution >= 4 is 65.0 Å². The minimum atomic E-state index is -0.907. The molecule has 0 unspecified atom stereocenters. The van der Waals surface area contributed by atoms with Gasteiger partial charge < -0.3 is 9.80 Å². The molecule has 0 atom stereocenters. The second kappa shape index (κ2) is 16.5. The van der Waals surface area contributed by atoms with E-state index in [1.807, 2.05) is 0 Å². The smallest absolute Gasteiger partial charge is 0.0715 e. The first kappa shape index (κ1) is 42.5. The standard InChI is InChI=1S/C61H58N2S2/c1-43-23-27-47(28-24-43)62(48-31-36-52(37-32-48)64(3,4)5)51-35-40-56-57(41-51)61(45-17-11-9-12-18-45,46-19-13-10-14-20-46)58-42-59(54-21-15-16-22-55(54)60(56)58)63(49-29-25-44(2)26-30-49)50-33-38-53(39-34-50)65(6,7)8/h9-42H,1-8H3. The summed E-state index contributed by atoms with van der Waals surface area (Å²) in [7, 11) is -1.80. The molecule has 0 heterocycles. The van der Waals surface area contributed by atoms with Crippen LogP contribution in [0.25, 0.3) is 21.9 Å². The van der Waals surface area contributed by atoms with Gasteiger partial charge in [0.25, 0.3) is 0 Å². The van der Waals surface area contributed by atoms with Gasteiger partial charge in [-0.1, -0.05) is 126 Å². The fourth-order valence-corrected chi connectivity index (χ4v) is 11.8. The Morgan fingerprint density at radius 3 is 1.22 bits per heavy atom. The van der Waals surface area contributed by atoms with Gasteiger partial charge in [0.05, 0.1) is 11.1 Å². The van der Waals surface area contributed by atoms with Crippen LogP contribution in [0, 0.1) is 13.8 Å². The second-order valence-corrected chi connectivity index (χ2v) is 27.4. The summed E-state index contributed by atoms with van der Waals surface area (Å²) in [6.07, 6.45) is 14.2. The average molecular weight is 883 g/mol. The number of benzene rings is 9. The lowest BCUT2D eigenvalue weighted by Crippen LogP contribution is -2.29. The number of hydrogen-bond acceptors (Lipinski definition) is 2. The van der Waals surface area contributed by atoms with Crippen LogP contribution in [0.4, 0.5) is 34.1 Å². The van der Waals surface area contributed by atoms with Crippen molar-refractivity contribution in [3.63, 3.8) is 0 Å². The van der Waals surface area contributed by atoms with E-state index in [1.54, 1.807) is 0 Å². The van der Waals surface area contributed by atoms with Gasteiger partial charge in [0.1, 0.15) is 0 Å². The summed E-state index contributed by atoms with van der Waals surface area (Å²) >= 11 is 0. The van der Waals surface area contributed by atoms with E-state index >= 15 is 0 Å². The molecule has 10 rings (SSSR count). The third kappa shape index (κ3) is 7.53. The van der Waals surface area contributed by atoms with Crippen molar-refractivity contribution < 1.29 is 0 Å². The summed E-state index contributed by atoms with van der Waals surface area (Å²) in [5.41, 5.74) is 16.2. The highest BCUT2D eigenvalue weighted by Crippen LogP contribution is 2.61. The zero-order chi connectivity index (χ0) is 45.1. The molecule has 0 aromatic heterocycles. The molecule has 9 aromatic carbocycles. The molecule has 0 fully saturated rings. The van der Waals surface area contributed by atoms with E-state index in [0.717, 1.165) is 34.1 Å². The minimum absolute atomic E-state index is 0.654. The molecular formula is C61H58N2S2. The number of rotatable bonds is 10. The highest BCUT2D eigenvalue weighted by atomic mass is 32.3. The molecule has 0 spiro atoms. The van der Waals surface area contributed by atoms with E-state index in [1.165, 1.54) is 65.1 Å². The van der Waals surface area contributed by atoms with Crippen LogP contribution >= 0.6 is 20.1 Å². The Labute approximate surface area is 389 Å². The lowest BCUT2D eigenvalue weighted by Gasteiger charge is -2.36. The van der Waals surface area contributed by atoms with Crippen LogP contribution in [0.3, 0.4) is 0 Å². The van der Waals surface area contributed by atoms with Gasteiger partial charge >= 0.3 is 0 Å². The Kier molecular flexibility index (Phi) is 10.8. The van der Waals surface area contributed by atoms with Crippen LogP contribution in [0.5, 0.6) is 0 Å². The van der Waals surface area contributed by atoms with E-state index in [9.17, 15) is 0 Å². The largest absolute Gasteiger partial charge is 0.310 e. The third-order valence-corrected chi connectivity index (χ3v) is 16.6. The van der Waals surface area contributed by atoms with Crippen LogP contribution in [0.15, 0.2) is 216 Å². The van der Waals surface area contributed by atoms with E-state index < -0.39 is 25.5 Å². The Morgan fingerprint density at radius 1 is 0.354 bits per heavy atom. The number of fused-ring (bicyclic) bond motifs is 5. The number of hydrogen-bond donors (Lipinski definition) is 0. The Hall–Kier alpha value is -6.46. The maximum Gasteiger partial charge on any atom is 0.0715 e. The zero-order valence-corrected chi connectivity index (χ0v) is 40.5. The van der Waals surface area contributed by atoms with Crippen LogP contribution < -0.4 is 9.80 Å². The maximum atomic E-state index is 2.53. The van der Waals surface area contributed by atoms with Crippen molar-refractivity contribution in [2.75, 3.05) is 47.3 Å².